The number of ether oxygens (including phenoxy) is 1. The van der Waals surface area contributed by atoms with Crippen molar-refractivity contribution in [2.45, 2.75) is 23.9 Å². The lowest BCUT2D eigenvalue weighted by Crippen LogP contribution is -1.95. The fourth-order valence-corrected chi connectivity index (χ4v) is 3.15. The highest BCUT2D eigenvalue weighted by molar-refractivity contribution is 7.98. The number of carbonyl (C=O) groups is 1. The Morgan fingerprint density at radius 3 is 2.60 bits per heavy atom. The van der Waals surface area contributed by atoms with Crippen molar-refractivity contribution in [3.63, 3.8) is 0 Å². The van der Waals surface area contributed by atoms with Gasteiger partial charge in [-0.25, -0.2) is 4.79 Å². The smallest absolute Gasteiger partial charge is 0.358 e. The molecule has 0 spiro atoms. The molecule has 0 radical (unpaired) electrons. The first-order valence-electron chi connectivity index (χ1n) is 7.73. The predicted molar refractivity (Wildman–Crippen MR) is 94.4 cm³/mol. The number of hydrogen-bond donors (Lipinski definition) is 1. The predicted octanol–water partition coefficient (Wildman–Crippen LogP) is 4.38. The van der Waals surface area contributed by atoms with Crippen LogP contribution >= 0.6 is 11.8 Å². The highest BCUT2D eigenvalue weighted by Gasteiger charge is 2.10. The molecule has 0 saturated heterocycles. The van der Waals surface area contributed by atoms with Crippen LogP contribution in [0, 0.1) is 0 Å². The molecule has 6 heteroatoms. The molecule has 1 N–H and O–H groups in total. The summed E-state index contributed by atoms with van der Waals surface area (Å²) in [7, 11) is 0. The van der Waals surface area contributed by atoms with Gasteiger partial charge in [0.1, 0.15) is 6.61 Å². The molecule has 5 nitrogen and oxygen atoms in total. The minimum Gasteiger partial charge on any atom is -0.476 e. The second kappa shape index (κ2) is 8.50. The summed E-state index contributed by atoms with van der Waals surface area (Å²) in [5.74, 6) is 0.200. The normalized spacial score (nSPS) is 10.7. The Labute approximate surface area is 149 Å². The summed E-state index contributed by atoms with van der Waals surface area (Å²) < 4.78 is 10.5. The van der Waals surface area contributed by atoms with Crippen LogP contribution in [0.4, 0.5) is 0 Å². The van der Waals surface area contributed by atoms with Crippen LogP contribution in [0.25, 0.3) is 0 Å². The summed E-state index contributed by atoms with van der Waals surface area (Å²) in [4.78, 5) is 11.9. The van der Waals surface area contributed by atoms with Gasteiger partial charge in [-0.05, 0) is 23.3 Å². The highest BCUT2D eigenvalue weighted by atomic mass is 32.2. The first-order chi connectivity index (χ1) is 12.2. The van der Waals surface area contributed by atoms with Crippen molar-refractivity contribution in [2.75, 3.05) is 0 Å². The number of nitrogens with zero attached hydrogens (tertiary/aromatic N) is 1. The molecule has 3 rings (SSSR count). The topological polar surface area (TPSA) is 72.6 Å². The molecule has 25 heavy (non-hydrogen) atoms. The average molecular weight is 355 g/mol. The maximum absolute atomic E-state index is 10.7. The van der Waals surface area contributed by atoms with Gasteiger partial charge in [0.25, 0.3) is 0 Å². The second-order valence-corrected chi connectivity index (χ2v) is 6.45. The largest absolute Gasteiger partial charge is 0.476 e. The maximum atomic E-state index is 10.7. The third-order valence-electron chi connectivity index (χ3n) is 3.44. The molecule has 0 unspecified atom stereocenters. The number of benzene rings is 2. The molecule has 0 fully saturated rings. The van der Waals surface area contributed by atoms with Crippen LogP contribution in [0.3, 0.4) is 0 Å². The molecule has 0 saturated carbocycles. The van der Waals surface area contributed by atoms with Gasteiger partial charge in [0.2, 0.25) is 0 Å². The van der Waals surface area contributed by atoms with Gasteiger partial charge < -0.3 is 14.4 Å². The maximum Gasteiger partial charge on any atom is 0.358 e. The van der Waals surface area contributed by atoms with Crippen LogP contribution in [0.2, 0.25) is 0 Å². The molecule has 0 aliphatic carbocycles. The quantitative estimate of drug-likeness (QED) is 0.605. The van der Waals surface area contributed by atoms with Gasteiger partial charge in [0, 0.05) is 16.7 Å². The van der Waals surface area contributed by atoms with Crippen molar-refractivity contribution in [3.8, 4) is 0 Å². The molecule has 0 aliphatic rings. The molecule has 0 amide bonds. The zero-order valence-electron chi connectivity index (χ0n) is 13.4. The van der Waals surface area contributed by atoms with E-state index >= 15 is 0 Å². The van der Waals surface area contributed by atoms with Crippen molar-refractivity contribution >= 4 is 17.7 Å². The molecule has 1 heterocycles. The summed E-state index contributed by atoms with van der Waals surface area (Å²) in [6.07, 6.45) is 0. The lowest BCUT2D eigenvalue weighted by atomic mass is 10.2. The molecule has 0 atom stereocenters. The van der Waals surface area contributed by atoms with Crippen LogP contribution in [-0.4, -0.2) is 16.2 Å². The Balaban J connectivity index is 1.50. The molecule has 128 valence electrons. The molecule has 3 aromatic rings. The van der Waals surface area contributed by atoms with E-state index in [0.29, 0.717) is 12.4 Å². The van der Waals surface area contributed by atoms with Crippen LogP contribution < -0.4 is 0 Å². The molecular formula is C19H17NO4S. The first-order valence-corrected chi connectivity index (χ1v) is 8.71. The number of aromatic carboxylic acids is 1. The van der Waals surface area contributed by atoms with Gasteiger partial charge in [-0.1, -0.05) is 47.6 Å². The van der Waals surface area contributed by atoms with E-state index in [-0.39, 0.29) is 12.3 Å². The van der Waals surface area contributed by atoms with Crippen molar-refractivity contribution in [2.24, 2.45) is 0 Å². The minimum absolute atomic E-state index is 0.113. The van der Waals surface area contributed by atoms with Crippen molar-refractivity contribution in [1.82, 2.24) is 5.16 Å². The second-order valence-electron chi connectivity index (χ2n) is 5.40. The fourth-order valence-electron chi connectivity index (χ4n) is 2.22. The van der Waals surface area contributed by atoms with Crippen LogP contribution in [0.5, 0.6) is 0 Å². The van der Waals surface area contributed by atoms with E-state index in [1.807, 2.05) is 30.3 Å². The van der Waals surface area contributed by atoms with E-state index in [9.17, 15) is 4.79 Å². The van der Waals surface area contributed by atoms with Gasteiger partial charge in [0.05, 0.1) is 6.61 Å². The standard InChI is InChI=1S/C19H17NO4S/c21-19(22)18-10-16(24-20-18)12-23-11-15-7-4-8-17(9-15)25-13-14-5-2-1-3-6-14/h1-10H,11-13H2,(H,21,22). The van der Waals surface area contributed by atoms with Crippen LogP contribution in [0.1, 0.15) is 27.4 Å². The molecule has 2 aromatic carbocycles. The van der Waals surface area contributed by atoms with E-state index in [4.69, 9.17) is 14.4 Å². The van der Waals surface area contributed by atoms with Gasteiger partial charge in [-0.3, -0.25) is 0 Å². The first kappa shape index (κ1) is 17.3. The van der Waals surface area contributed by atoms with Gasteiger partial charge in [0.15, 0.2) is 11.5 Å². The molecule has 0 bridgehead atoms. The van der Waals surface area contributed by atoms with E-state index < -0.39 is 5.97 Å². The Bertz CT molecular complexity index is 832. The highest BCUT2D eigenvalue weighted by Crippen LogP contribution is 2.24. The fraction of sp³-hybridized carbons (Fsp3) is 0.158. The zero-order chi connectivity index (χ0) is 17.5. The Morgan fingerprint density at radius 1 is 1.04 bits per heavy atom. The monoisotopic (exact) mass is 355 g/mol. The number of carboxylic acid groups (broad SMARTS) is 1. The lowest BCUT2D eigenvalue weighted by molar-refractivity contribution is 0.0683. The summed E-state index contributed by atoms with van der Waals surface area (Å²) in [5.41, 5.74) is 2.22. The number of aromatic nitrogens is 1. The summed E-state index contributed by atoms with van der Waals surface area (Å²) in [6.45, 7) is 0.602. The molecule has 1 aromatic heterocycles. The number of carboxylic acids is 1. The summed E-state index contributed by atoms with van der Waals surface area (Å²) in [5, 5.41) is 12.3. The molecule has 0 aliphatic heterocycles. The van der Waals surface area contributed by atoms with Gasteiger partial charge in [-0.15, -0.1) is 11.8 Å². The minimum atomic E-state index is -1.11. The van der Waals surface area contributed by atoms with E-state index in [2.05, 4.69) is 29.4 Å². The van der Waals surface area contributed by atoms with Gasteiger partial charge >= 0.3 is 5.97 Å². The van der Waals surface area contributed by atoms with Crippen LogP contribution in [-0.2, 0) is 23.7 Å². The van der Waals surface area contributed by atoms with Gasteiger partial charge in [-0.2, -0.15) is 0 Å². The Kier molecular flexibility index (Phi) is 5.87. The third-order valence-corrected chi connectivity index (χ3v) is 4.50. The van der Waals surface area contributed by atoms with Crippen LogP contribution in [0.15, 0.2) is 70.1 Å². The zero-order valence-corrected chi connectivity index (χ0v) is 14.2. The molecular weight excluding hydrogens is 338 g/mol. The van der Waals surface area contributed by atoms with E-state index in [1.54, 1.807) is 11.8 Å². The van der Waals surface area contributed by atoms with E-state index in [0.717, 1.165) is 11.3 Å². The number of rotatable bonds is 8. The Morgan fingerprint density at radius 2 is 1.84 bits per heavy atom. The average Bonchev–Trinajstić information content (AvgIpc) is 3.11. The summed E-state index contributed by atoms with van der Waals surface area (Å²) in [6, 6.07) is 19.9. The lowest BCUT2D eigenvalue weighted by Gasteiger charge is -2.06. The number of hydrogen-bond acceptors (Lipinski definition) is 5. The SMILES string of the molecule is O=C(O)c1cc(COCc2cccc(SCc3ccccc3)c2)on1. The van der Waals surface area contributed by atoms with Crippen molar-refractivity contribution in [3.05, 3.63) is 83.2 Å². The van der Waals surface area contributed by atoms with Crippen molar-refractivity contribution in [1.29, 1.82) is 0 Å². The van der Waals surface area contributed by atoms with Crippen molar-refractivity contribution < 1.29 is 19.2 Å². The number of thioether (sulfide) groups is 1. The van der Waals surface area contributed by atoms with E-state index in [1.165, 1.54) is 16.5 Å². The Hall–Kier alpha value is -2.57. The third kappa shape index (κ3) is 5.20. The summed E-state index contributed by atoms with van der Waals surface area (Å²) >= 11 is 1.77.